The van der Waals surface area contributed by atoms with E-state index >= 15 is 0 Å². The maximum atomic E-state index is 14.9. The molecule has 0 spiro atoms. The van der Waals surface area contributed by atoms with E-state index in [2.05, 4.69) is 15.6 Å². The first-order valence-electron chi connectivity index (χ1n) is 12.6. The van der Waals surface area contributed by atoms with Crippen molar-refractivity contribution in [1.82, 2.24) is 9.55 Å². The van der Waals surface area contributed by atoms with Crippen molar-refractivity contribution in [2.75, 3.05) is 10.6 Å². The van der Waals surface area contributed by atoms with Gasteiger partial charge in [0.1, 0.15) is 17.2 Å². The van der Waals surface area contributed by atoms with Gasteiger partial charge in [0.2, 0.25) is 5.91 Å². The Kier molecular flexibility index (Phi) is 6.97. The number of carbonyl (C=O) groups excluding carboxylic acids is 3. The maximum Gasteiger partial charge on any atom is 0.418 e. The topological polar surface area (TPSA) is 112 Å². The molecule has 0 saturated heterocycles. The summed E-state index contributed by atoms with van der Waals surface area (Å²) >= 11 is 0. The second kappa shape index (κ2) is 10.4. The van der Waals surface area contributed by atoms with Crippen LogP contribution in [0.25, 0.3) is 10.9 Å². The fraction of sp³-hybridized carbons (Fsp3) is 0.241. The van der Waals surface area contributed by atoms with E-state index in [0.717, 1.165) is 25.0 Å². The van der Waals surface area contributed by atoms with E-state index in [1.807, 2.05) is 0 Å². The third-order valence-corrected chi connectivity index (χ3v) is 5.97. The number of amides is 2. The molecule has 0 aliphatic heterocycles. The van der Waals surface area contributed by atoms with Crippen LogP contribution in [0.1, 0.15) is 44.0 Å². The van der Waals surface area contributed by atoms with Crippen LogP contribution in [0.4, 0.5) is 25.1 Å². The van der Waals surface area contributed by atoms with Gasteiger partial charge < -0.3 is 20.1 Å². The number of nitrogens with one attached hydrogen (secondary N) is 2. The maximum absolute atomic E-state index is 14.9. The molecule has 1 saturated carbocycles. The van der Waals surface area contributed by atoms with Gasteiger partial charge >= 0.3 is 6.09 Å². The standard InChI is InChI=1S/C29H26F2N4O5/c1-29(2,3)40-28(38)35-11-9-16-4-7-18(12-23(16)35)27(37)33-22-14-21(31)24(15-20(22)30)39-19-8-10-32-25(13-19)34-26(36)17-5-6-17/h4,7-15,17H,5-6H2,1-3H3,(H,33,37)(H,32,34,36). The van der Waals surface area contributed by atoms with E-state index in [9.17, 15) is 23.2 Å². The quantitative estimate of drug-likeness (QED) is 0.285. The van der Waals surface area contributed by atoms with Crippen molar-refractivity contribution in [2.45, 2.75) is 39.2 Å². The van der Waals surface area contributed by atoms with Crippen LogP contribution in [0, 0.1) is 17.6 Å². The number of nitrogens with zero attached hydrogens (tertiary/aromatic N) is 2. The lowest BCUT2D eigenvalue weighted by atomic mass is 10.1. The molecule has 0 unspecified atom stereocenters. The molecule has 1 aliphatic rings. The number of rotatable bonds is 6. The van der Waals surface area contributed by atoms with Gasteiger partial charge in [-0.2, -0.15) is 0 Å². The highest BCUT2D eigenvalue weighted by molar-refractivity contribution is 6.07. The summed E-state index contributed by atoms with van der Waals surface area (Å²) in [5.74, 6) is -2.80. The summed E-state index contributed by atoms with van der Waals surface area (Å²) in [6.07, 6.45) is 3.93. The normalized spacial score (nSPS) is 13.1. The second-order valence-corrected chi connectivity index (χ2v) is 10.4. The van der Waals surface area contributed by atoms with Gasteiger partial charge in [-0.25, -0.2) is 18.6 Å². The number of ether oxygens (including phenoxy) is 2. The SMILES string of the molecule is CC(C)(C)OC(=O)n1ccc2ccc(C(=O)Nc3cc(F)c(Oc4ccnc(NC(=O)C5CC5)c4)cc3F)cc21. The van der Waals surface area contributed by atoms with Crippen molar-refractivity contribution in [3.05, 3.63) is 78.1 Å². The van der Waals surface area contributed by atoms with Gasteiger partial charge in [0.15, 0.2) is 17.4 Å². The lowest BCUT2D eigenvalue weighted by Gasteiger charge is -2.19. The average molecular weight is 549 g/mol. The van der Waals surface area contributed by atoms with E-state index in [0.29, 0.717) is 10.9 Å². The van der Waals surface area contributed by atoms with Crippen LogP contribution < -0.4 is 15.4 Å². The number of hydrogen-bond donors (Lipinski definition) is 2. The molecule has 11 heteroatoms. The number of hydrogen-bond acceptors (Lipinski definition) is 6. The largest absolute Gasteiger partial charge is 0.454 e. The van der Waals surface area contributed by atoms with Gasteiger partial charge in [-0.15, -0.1) is 0 Å². The third-order valence-electron chi connectivity index (χ3n) is 5.97. The molecular weight excluding hydrogens is 522 g/mol. The van der Waals surface area contributed by atoms with Crippen LogP contribution in [0.2, 0.25) is 0 Å². The number of benzene rings is 2. The molecule has 0 radical (unpaired) electrons. The van der Waals surface area contributed by atoms with Gasteiger partial charge in [-0.1, -0.05) is 6.07 Å². The average Bonchev–Trinajstić information content (AvgIpc) is 3.65. The van der Waals surface area contributed by atoms with Crippen LogP contribution in [-0.2, 0) is 9.53 Å². The molecule has 2 aromatic carbocycles. The van der Waals surface area contributed by atoms with E-state index < -0.39 is 40.7 Å². The summed E-state index contributed by atoms with van der Waals surface area (Å²) < 4.78 is 41.9. The van der Waals surface area contributed by atoms with Gasteiger partial charge in [0, 0.05) is 47.5 Å². The van der Waals surface area contributed by atoms with Crippen molar-refractivity contribution >= 4 is 40.3 Å². The molecule has 1 aliphatic carbocycles. The Morgan fingerprint density at radius 1 is 0.975 bits per heavy atom. The first-order chi connectivity index (χ1) is 19.0. The zero-order chi connectivity index (χ0) is 28.6. The lowest BCUT2D eigenvalue weighted by molar-refractivity contribution is -0.117. The molecular formula is C29H26F2N4O5. The first kappa shape index (κ1) is 26.8. The summed E-state index contributed by atoms with van der Waals surface area (Å²) in [6.45, 7) is 5.22. The van der Waals surface area contributed by atoms with Crippen LogP contribution in [0.3, 0.4) is 0 Å². The van der Waals surface area contributed by atoms with Gasteiger partial charge in [-0.05, 0) is 57.9 Å². The Morgan fingerprint density at radius 2 is 1.75 bits per heavy atom. The van der Waals surface area contributed by atoms with Crippen molar-refractivity contribution in [1.29, 1.82) is 0 Å². The minimum absolute atomic E-state index is 0.0296. The van der Waals surface area contributed by atoms with Crippen LogP contribution in [0.15, 0.2) is 60.9 Å². The van der Waals surface area contributed by atoms with Crippen LogP contribution >= 0.6 is 0 Å². The number of fused-ring (bicyclic) bond motifs is 1. The Labute approximate surface area is 228 Å². The predicted molar refractivity (Wildman–Crippen MR) is 144 cm³/mol. The number of halogens is 2. The predicted octanol–water partition coefficient (Wildman–Crippen LogP) is 6.49. The van der Waals surface area contributed by atoms with E-state index in [1.165, 1.54) is 41.2 Å². The van der Waals surface area contributed by atoms with Gasteiger partial charge in [-0.3, -0.25) is 14.2 Å². The van der Waals surface area contributed by atoms with E-state index in [-0.39, 0.29) is 29.0 Å². The second-order valence-electron chi connectivity index (χ2n) is 10.4. The van der Waals surface area contributed by atoms with Crippen LogP contribution in [0.5, 0.6) is 11.5 Å². The molecule has 2 N–H and O–H groups in total. The highest BCUT2D eigenvalue weighted by Gasteiger charge is 2.30. The summed E-state index contributed by atoms with van der Waals surface area (Å²) in [4.78, 5) is 41.5. The summed E-state index contributed by atoms with van der Waals surface area (Å²) in [6, 6.07) is 10.7. The Bertz CT molecular complexity index is 1640. The minimum atomic E-state index is -0.931. The van der Waals surface area contributed by atoms with Crippen LogP contribution in [-0.4, -0.2) is 33.1 Å². The highest BCUT2D eigenvalue weighted by atomic mass is 19.1. The smallest absolute Gasteiger partial charge is 0.418 e. The minimum Gasteiger partial charge on any atom is -0.454 e. The molecule has 4 aromatic rings. The fourth-order valence-electron chi connectivity index (χ4n) is 3.88. The van der Waals surface area contributed by atoms with Crippen molar-refractivity contribution in [3.8, 4) is 11.5 Å². The summed E-state index contributed by atoms with van der Waals surface area (Å²) in [7, 11) is 0. The number of carbonyl (C=O) groups is 3. The van der Waals surface area contributed by atoms with Crippen molar-refractivity contribution < 1.29 is 32.6 Å². The van der Waals surface area contributed by atoms with Crippen molar-refractivity contribution in [2.24, 2.45) is 5.92 Å². The summed E-state index contributed by atoms with van der Waals surface area (Å²) in [5, 5.41) is 5.70. The molecule has 0 atom stereocenters. The molecule has 2 amide bonds. The third kappa shape index (κ3) is 6.09. The van der Waals surface area contributed by atoms with E-state index in [1.54, 1.807) is 32.9 Å². The van der Waals surface area contributed by atoms with Gasteiger partial charge in [0.25, 0.3) is 5.91 Å². The lowest BCUT2D eigenvalue weighted by Crippen LogP contribution is -2.26. The molecule has 9 nitrogen and oxygen atoms in total. The Balaban J connectivity index is 1.31. The van der Waals surface area contributed by atoms with E-state index in [4.69, 9.17) is 9.47 Å². The fourth-order valence-corrected chi connectivity index (χ4v) is 3.88. The number of pyridine rings is 1. The first-order valence-corrected chi connectivity index (χ1v) is 12.6. The van der Waals surface area contributed by atoms with Crippen molar-refractivity contribution in [3.63, 3.8) is 0 Å². The van der Waals surface area contributed by atoms with Gasteiger partial charge in [0.05, 0.1) is 11.2 Å². The molecule has 1 fully saturated rings. The molecule has 206 valence electrons. The zero-order valence-corrected chi connectivity index (χ0v) is 22.0. The Hall–Kier alpha value is -4.80. The monoisotopic (exact) mass is 548 g/mol. The number of anilines is 2. The Morgan fingerprint density at radius 3 is 2.48 bits per heavy atom. The molecule has 0 bridgehead atoms. The molecule has 5 rings (SSSR count). The highest BCUT2D eigenvalue weighted by Crippen LogP contribution is 2.32. The molecule has 40 heavy (non-hydrogen) atoms. The summed E-state index contributed by atoms with van der Waals surface area (Å²) in [5.41, 5.74) is -0.577. The number of aromatic nitrogens is 2. The zero-order valence-electron chi connectivity index (χ0n) is 22.0. The molecule has 2 heterocycles. The molecule has 2 aromatic heterocycles.